The molecule has 0 atom stereocenters. The van der Waals surface area contributed by atoms with Crippen molar-refractivity contribution in [3.8, 4) is 0 Å². The number of piperidine rings is 1. The van der Waals surface area contributed by atoms with E-state index in [0.717, 1.165) is 42.6 Å². The van der Waals surface area contributed by atoms with Gasteiger partial charge in [0.25, 0.3) is 11.5 Å². The molecule has 0 spiro atoms. The predicted octanol–water partition coefficient (Wildman–Crippen LogP) is 3.04. The van der Waals surface area contributed by atoms with Gasteiger partial charge in [-0.15, -0.1) is 0 Å². The zero-order valence-corrected chi connectivity index (χ0v) is 19.9. The largest absolute Gasteiger partial charge is 0.349 e. The zero-order valence-electron chi connectivity index (χ0n) is 19.9. The summed E-state index contributed by atoms with van der Waals surface area (Å²) < 4.78 is 1.44. The van der Waals surface area contributed by atoms with Crippen LogP contribution in [-0.2, 0) is 6.54 Å². The Morgan fingerprint density at radius 1 is 1.09 bits per heavy atom. The van der Waals surface area contributed by atoms with Crippen LogP contribution in [0.25, 0.3) is 10.8 Å². The van der Waals surface area contributed by atoms with Gasteiger partial charge in [0.1, 0.15) is 0 Å². The van der Waals surface area contributed by atoms with Crippen LogP contribution in [0.4, 0.5) is 11.6 Å². The van der Waals surface area contributed by atoms with Crippen molar-refractivity contribution < 1.29 is 4.79 Å². The Hall–Kier alpha value is -3.98. The van der Waals surface area contributed by atoms with Gasteiger partial charge in [-0.3, -0.25) is 14.7 Å². The molecule has 5 rings (SSSR count). The van der Waals surface area contributed by atoms with Crippen molar-refractivity contribution in [1.82, 2.24) is 30.2 Å². The Morgan fingerprint density at radius 2 is 1.80 bits per heavy atom. The van der Waals surface area contributed by atoms with E-state index in [4.69, 9.17) is 0 Å². The van der Waals surface area contributed by atoms with Crippen LogP contribution in [0.2, 0.25) is 0 Å². The first kappa shape index (κ1) is 22.8. The van der Waals surface area contributed by atoms with Gasteiger partial charge in [0.05, 0.1) is 11.9 Å². The second-order valence-corrected chi connectivity index (χ2v) is 9.17. The third-order valence-corrected chi connectivity index (χ3v) is 6.42. The Bertz CT molecular complexity index is 1400. The number of aromatic nitrogens is 4. The summed E-state index contributed by atoms with van der Waals surface area (Å²) in [5.41, 5.74) is 2.24. The number of hydrogen-bond acceptors (Lipinski definition) is 6. The lowest BCUT2D eigenvalue weighted by Crippen LogP contribution is -2.43. The fraction of sp³-hybridized carbons (Fsp3) is 0.308. The lowest BCUT2D eigenvalue weighted by atomic mass is 10.0. The number of H-pyrrole nitrogens is 1. The molecule has 1 fully saturated rings. The van der Waals surface area contributed by atoms with Crippen LogP contribution < -0.4 is 16.2 Å². The SMILES string of the molecule is Cc1cc(Nc2nn(Cc3ccc(C(=O)NC4CCN(C)CC4)cc3)c(=O)c3ccccc23)n[nH]1. The van der Waals surface area contributed by atoms with Gasteiger partial charge < -0.3 is 15.5 Å². The number of carbonyl (C=O) groups is 1. The van der Waals surface area contributed by atoms with Crippen LogP contribution in [0.5, 0.6) is 0 Å². The highest BCUT2D eigenvalue weighted by Gasteiger charge is 2.19. The van der Waals surface area contributed by atoms with Crippen LogP contribution >= 0.6 is 0 Å². The summed E-state index contributed by atoms with van der Waals surface area (Å²) in [7, 11) is 2.10. The summed E-state index contributed by atoms with van der Waals surface area (Å²) in [5.74, 6) is 1.12. The first-order valence-electron chi connectivity index (χ1n) is 11.8. The van der Waals surface area contributed by atoms with Crippen molar-refractivity contribution in [1.29, 1.82) is 0 Å². The molecule has 1 saturated heterocycles. The van der Waals surface area contributed by atoms with E-state index in [1.54, 1.807) is 18.2 Å². The molecule has 180 valence electrons. The number of hydrogen-bond donors (Lipinski definition) is 3. The van der Waals surface area contributed by atoms with E-state index in [1.807, 2.05) is 43.3 Å². The van der Waals surface area contributed by atoms with E-state index in [-0.39, 0.29) is 24.1 Å². The third-order valence-electron chi connectivity index (χ3n) is 6.42. The van der Waals surface area contributed by atoms with Crippen LogP contribution in [-0.4, -0.2) is 57.0 Å². The fourth-order valence-electron chi connectivity index (χ4n) is 4.39. The maximum atomic E-state index is 13.1. The number of aromatic amines is 1. The van der Waals surface area contributed by atoms with E-state index < -0.39 is 0 Å². The van der Waals surface area contributed by atoms with Crippen LogP contribution in [0.3, 0.4) is 0 Å². The van der Waals surface area contributed by atoms with Gasteiger partial charge in [-0.25, -0.2) is 4.68 Å². The second kappa shape index (κ2) is 9.71. The maximum Gasteiger partial charge on any atom is 0.275 e. The number of nitrogens with one attached hydrogen (secondary N) is 3. The molecule has 1 amide bonds. The van der Waals surface area contributed by atoms with Crippen molar-refractivity contribution in [2.75, 3.05) is 25.5 Å². The van der Waals surface area contributed by atoms with Crippen LogP contribution in [0.15, 0.2) is 59.4 Å². The summed E-state index contributed by atoms with van der Waals surface area (Å²) in [6.07, 6.45) is 1.93. The fourth-order valence-corrected chi connectivity index (χ4v) is 4.39. The van der Waals surface area contributed by atoms with Crippen molar-refractivity contribution in [3.05, 3.63) is 81.8 Å². The Morgan fingerprint density at radius 3 is 2.49 bits per heavy atom. The molecule has 3 heterocycles. The summed E-state index contributed by atoms with van der Waals surface area (Å²) in [4.78, 5) is 28.1. The molecule has 0 radical (unpaired) electrons. The van der Waals surface area contributed by atoms with Gasteiger partial charge in [-0.2, -0.15) is 10.2 Å². The number of likely N-dealkylation sites (tertiary alicyclic amines) is 1. The van der Waals surface area contributed by atoms with E-state index in [2.05, 4.69) is 37.9 Å². The lowest BCUT2D eigenvalue weighted by Gasteiger charge is -2.29. The Kier molecular flexibility index (Phi) is 6.33. The highest BCUT2D eigenvalue weighted by atomic mass is 16.1. The lowest BCUT2D eigenvalue weighted by molar-refractivity contribution is 0.0917. The predicted molar refractivity (Wildman–Crippen MR) is 136 cm³/mol. The zero-order chi connectivity index (χ0) is 24.4. The minimum Gasteiger partial charge on any atom is -0.349 e. The van der Waals surface area contributed by atoms with E-state index in [9.17, 15) is 9.59 Å². The molecule has 4 aromatic rings. The average Bonchev–Trinajstić information content (AvgIpc) is 3.28. The highest BCUT2D eigenvalue weighted by molar-refractivity contribution is 5.94. The summed E-state index contributed by atoms with van der Waals surface area (Å²) in [6, 6.07) is 16.8. The molecule has 0 unspecified atom stereocenters. The molecular formula is C26H29N7O2. The Balaban J connectivity index is 1.35. The number of nitrogens with zero attached hydrogens (tertiary/aromatic N) is 4. The van der Waals surface area contributed by atoms with Gasteiger partial charge in [-0.1, -0.05) is 30.3 Å². The molecule has 9 nitrogen and oxygen atoms in total. The van der Waals surface area contributed by atoms with Crippen LogP contribution in [0, 0.1) is 6.92 Å². The second-order valence-electron chi connectivity index (χ2n) is 9.17. The smallest absolute Gasteiger partial charge is 0.275 e. The summed E-state index contributed by atoms with van der Waals surface area (Å²) in [6.45, 7) is 4.19. The monoisotopic (exact) mass is 471 g/mol. The minimum absolute atomic E-state index is 0.0621. The normalized spacial score (nSPS) is 14.8. The first-order chi connectivity index (χ1) is 17.0. The molecule has 2 aromatic heterocycles. The number of amides is 1. The Labute approximate surface area is 203 Å². The molecular weight excluding hydrogens is 442 g/mol. The quantitative estimate of drug-likeness (QED) is 0.399. The average molecular weight is 472 g/mol. The van der Waals surface area contributed by atoms with Crippen molar-refractivity contribution in [3.63, 3.8) is 0 Å². The number of rotatable bonds is 6. The summed E-state index contributed by atoms with van der Waals surface area (Å²) in [5, 5.41) is 19.4. The minimum atomic E-state index is -0.173. The van der Waals surface area contributed by atoms with Gasteiger partial charge in [0, 0.05) is 28.8 Å². The van der Waals surface area contributed by atoms with Gasteiger partial charge in [-0.05, 0) is 63.7 Å². The van der Waals surface area contributed by atoms with Gasteiger partial charge in [0.15, 0.2) is 11.6 Å². The number of aryl methyl sites for hydroxylation is 1. The van der Waals surface area contributed by atoms with Crippen molar-refractivity contribution >= 4 is 28.3 Å². The third kappa shape index (κ3) is 5.09. The molecule has 3 N–H and O–H groups in total. The van der Waals surface area contributed by atoms with E-state index in [0.29, 0.717) is 22.6 Å². The van der Waals surface area contributed by atoms with Crippen molar-refractivity contribution in [2.24, 2.45) is 0 Å². The molecule has 0 aliphatic carbocycles. The molecule has 1 aliphatic rings. The molecule has 2 aromatic carbocycles. The number of fused-ring (bicyclic) bond motifs is 1. The van der Waals surface area contributed by atoms with Crippen LogP contribution in [0.1, 0.15) is 34.5 Å². The maximum absolute atomic E-state index is 13.1. The summed E-state index contributed by atoms with van der Waals surface area (Å²) >= 11 is 0. The number of anilines is 2. The number of carbonyl (C=O) groups excluding carboxylic acids is 1. The van der Waals surface area contributed by atoms with E-state index >= 15 is 0 Å². The van der Waals surface area contributed by atoms with Gasteiger partial charge in [0.2, 0.25) is 0 Å². The molecule has 1 aliphatic heterocycles. The first-order valence-corrected chi connectivity index (χ1v) is 11.8. The standard InChI is InChI=1S/C26H29N7O2/c1-17-15-23(30-29-17)28-24-21-5-3-4-6-22(21)26(35)33(31-24)16-18-7-9-19(10-8-18)25(34)27-20-11-13-32(2)14-12-20/h3-10,15,20H,11-14,16H2,1-2H3,(H,27,34)(H2,28,29,30,31). The number of benzene rings is 2. The topological polar surface area (TPSA) is 108 Å². The molecule has 0 bridgehead atoms. The van der Waals surface area contributed by atoms with E-state index in [1.165, 1.54) is 4.68 Å². The molecule has 9 heteroatoms. The molecule has 35 heavy (non-hydrogen) atoms. The van der Waals surface area contributed by atoms with Crippen molar-refractivity contribution in [2.45, 2.75) is 32.4 Å². The highest BCUT2D eigenvalue weighted by Crippen LogP contribution is 2.22. The van der Waals surface area contributed by atoms with Gasteiger partial charge >= 0.3 is 0 Å². The molecule has 0 saturated carbocycles.